The number of carbonyl (C=O) groups excluding carboxylic acids is 1. The van der Waals surface area contributed by atoms with Crippen LogP contribution in [0, 0.1) is 0 Å². The minimum atomic E-state index is -0.0416. The number of thioether (sulfide) groups is 1. The van der Waals surface area contributed by atoms with Gasteiger partial charge in [0.15, 0.2) is 0 Å². The molecule has 2 aromatic carbocycles. The third kappa shape index (κ3) is 5.78. The topological polar surface area (TPSA) is 41.6 Å². The van der Waals surface area contributed by atoms with Gasteiger partial charge in [-0.1, -0.05) is 31.2 Å². The molecule has 1 N–H and O–H groups in total. The summed E-state index contributed by atoms with van der Waals surface area (Å²) in [5, 5.41) is 3.05. The smallest absolute Gasteiger partial charge is 0.251 e. The number of methoxy groups -OCH3 is 1. The molecule has 0 bridgehead atoms. The highest BCUT2D eigenvalue weighted by Crippen LogP contribution is 2.21. The molecular weight excluding hydrogens is 344 g/mol. The van der Waals surface area contributed by atoms with Gasteiger partial charge in [-0.2, -0.15) is 11.8 Å². The molecule has 2 aromatic rings. The standard InChI is InChI=1S/C21H28N2O2S/c1-5-26-15-16-6-8-18(9-7-16)21(24)22-14-20(23(2)3)17-10-12-19(25-4)13-11-17/h6-13,20H,5,14-15H2,1-4H3,(H,22,24). The summed E-state index contributed by atoms with van der Waals surface area (Å²) >= 11 is 1.88. The van der Waals surface area contributed by atoms with Crippen LogP contribution in [-0.4, -0.2) is 44.3 Å². The molecule has 0 aromatic heterocycles. The van der Waals surface area contributed by atoms with Gasteiger partial charge in [-0.3, -0.25) is 4.79 Å². The van der Waals surface area contributed by atoms with E-state index in [0.29, 0.717) is 12.1 Å². The van der Waals surface area contributed by atoms with Gasteiger partial charge in [-0.25, -0.2) is 0 Å². The van der Waals surface area contributed by atoms with Crippen LogP contribution in [0.25, 0.3) is 0 Å². The Morgan fingerprint density at radius 3 is 2.31 bits per heavy atom. The van der Waals surface area contributed by atoms with Crippen LogP contribution in [0.2, 0.25) is 0 Å². The zero-order valence-corrected chi connectivity index (χ0v) is 16.8. The van der Waals surface area contributed by atoms with Crippen LogP contribution >= 0.6 is 11.8 Å². The Morgan fingerprint density at radius 2 is 1.77 bits per heavy atom. The maximum Gasteiger partial charge on any atom is 0.251 e. The Kier molecular flexibility index (Phi) is 8.01. The van der Waals surface area contributed by atoms with Gasteiger partial charge in [0.1, 0.15) is 5.75 Å². The van der Waals surface area contributed by atoms with E-state index in [2.05, 4.69) is 17.1 Å². The van der Waals surface area contributed by atoms with Crippen LogP contribution in [-0.2, 0) is 5.75 Å². The fourth-order valence-corrected chi connectivity index (χ4v) is 3.32. The second-order valence-electron chi connectivity index (χ2n) is 6.30. The van der Waals surface area contributed by atoms with Crippen molar-refractivity contribution in [3.05, 3.63) is 65.2 Å². The fourth-order valence-electron chi connectivity index (χ4n) is 2.69. The van der Waals surface area contributed by atoms with Gasteiger partial charge < -0.3 is 15.0 Å². The number of ether oxygens (including phenoxy) is 1. The molecule has 2 rings (SSSR count). The number of nitrogens with one attached hydrogen (secondary N) is 1. The Morgan fingerprint density at radius 1 is 1.12 bits per heavy atom. The first-order chi connectivity index (χ1) is 12.5. The summed E-state index contributed by atoms with van der Waals surface area (Å²) in [7, 11) is 5.69. The van der Waals surface area contributed by atoms with Gasteiger partial charge in [-0.05, 0) is 55.2 Å². The lowest BCUT2D eigenvalue weighted by Crippen LogP contribution is -2.34. The van der Waals surface area contributed by atoms with Crippen molar-refractivity contribution in [3.8, 4) is 5.75 Å². The summed E-state index contributed by atoms with van der Waals surface area (Å²) in [5.41, 5.74) is 3.09. The van der Waals surface area contributed by atoms with E-state index in [0.717, 1.165) is 22.8 Å². The SMILES string of the molecule is CCSCc1ccc(C(=O)NCC(c2ccc(OC)cc2)N(C)C)cc1. The summed E-state index contributed by atoms with van der Waals surface area (Å²) in [6.45, 7) is 2.70. The zero-order chi connectivity index (χ0) is 18.9. The average molecular weight is 373 g/mol. The first-order valence-electron chi connectivity index (χ1n) is 8.80. The third-order valence-corrected chi connectivity index (χ3v) is 5.21. The number of hydrogen-bond acceptors (Lipinski definition) is 4. The number of amides is 1. The molecule has 0 fully saturated rings. The van der Waals surface area contributed by atoms with Gasteiger partial charge in [0.2, 0.25) is 0 Å². The highest BCUT2D eigenvalue weighted by atomic mass is 32.2. The van der Waals surface area contributed by atoms with E-state index in [9.17, 15) is 4.79 Å². The predicted octanol–water partition coefficient (Wildman–Crippen LogP) is 3.98. The summed E-state index contributed by atoms with van der Waals surface area (Å²) < 4.78 is 5.21. The summed E-state index contributed by atoms with van der Waals surface area (Å²) in [5.74, 6) is 2.87. The van der Waals surface area contributed by atoms with Crippen molar-refractivity contribution in [2.45, 2.75) is 18.7 Å². The van der Waals surface area contributed by atoms with E-state index in [4.69, 9.17) is 4.74 Å². The van der Waals surface area contributed by atoms with Crippen molar-refractivity contribution in [2.75, 3.05) is 33.5 Å². The Hall–Kier alpha value is -1.98. The number of carbonyl (C=O) groups is 1. The quantitative estimate of drug-likeness (QED) is 0.723. The number of likely N-dealkylation sites (N-methyl/N-ethyl adjacent to an activating group) is 1. The molecule has 0 saturated heterocycles. The van der Waals surface area contributed by atoms with Gasteiger partial charge in [0, 0.05) is 17.9 Å². The van der Waals surface area contributed by atoms with Gasteiger partial charge in [-0.15, -0.1) is 0 Å². The Bertz CT molecular complexity index is 684. The first kappa shape index (κ1) is 20.3. The normalized spacial score (nSPS) is 12.0. The highest BCUT2D eigenvalue weighted by Gasteiger charge is 2.16. The monoisotopic (exact) mass is 372 g/mol. The molecular formula is C21H28N2O2S. The van der Waals surface area contributed by atoms with E-state index < -0.39 is 0 Å². The van der Waals surface area contributed by atoms with E-state index in [1.807, 2.05) is 74.4 Å². The molecule has 1 unspecified atom stereocenters. The second kappa shape index (κ2) is 10.2. The summed E-state index contributed by atoms with van der Waals surface area (Å²) in [6, 6.07) is 15.9. The van der Waals surface area contributed by atoms with Crippen molar-refractivity contribution in [1.82, 2.24) is 10.2 Å². The van der Waals surface area contributed by atoms with Crippen molar-refractivity contribution >= 4 is 17.7 Å². The number of rotatable bonds is 9. The van der Waals surface area contributed by atoms with E-state index in [1.165, 1.54) is 5.56 Å². The maximum absolute atomic E-state index is 12.5. The minimum absolute atomic E-state index is 0.0416. The van der Waals surface area contributed by atoms with Gasteiger partial charge >= 0.3 is 0 Å². The second-order valence-corrected chi connectivity index (χ2v) is 7.57. The fraction of sp³-hybridized carbons (Fsp3) is 0.381. The molecule has 0 aliphatic rings. The molecule has 5 heteroatoms. The number of hydrogen-bond donors (Lipinski definition) is 1. The molecule has 1 atom stereocenters. The molecule has 26 heavy (non-hydrogen) atoms. The molecule has 140 valence electrons. The highest BCUT2D eigenvalue weighted by molar-refractivity contribution is 7.98. The van der Waals surface area contributed by atoms with Crippen LogP contribution in [0.4, 0.5) is 0 Å². The van der Waals surface area contributed by atoms with Crippen LogP contribution in [0.3, 0.4) is 0 Å². The van der Waals surface area contributed by atoms with Crippen molar-refractivity contribution in [3.63, 3.8) is 0 Å². The molecule has 0 spiro atoms. The van der Waals surface area contributed by atoms with Gasteiger partial charge in [0.25, 0.3) is 5.91 Å². The van der Waals surface area contributed by atoms with Crippen molar-refractivity contribution < 1.29 is 9.53 Å². The molecule has 0 aliphatic heterocycles. The van der Waals surface area contributed by atoms with Crippen LogP contribution < -0.4 is 10.1 Å². The number of benzene rings is 2. The van der Waals surface area contributed by atoms with E-state index in [-0.39, 0.29) is 11.9 Å². The largest absolute Gasteiger partial charge is 0.497 e. The van der Waals surface area contributed by atoms with Crippen molar-refractivity contribution in [1.29, 1.82) is 0 Å². The number of nitrogens with zero attached hydrogens (tertiary/aromatic N) is 1. The molecule has 0 heterocycles. The predicted molar refractivity (Wildman–Crippen MR) is 110 cm³/mol. The summed E-state index contributed by atoms with van der Waals surface area (Å²) in [4.78, 5) is 14.6. The lowest BCUT2D eigenvalue weighted by atomic mass is 10.1. The first-order valence-corrected chi connectivity index (χ1v) is 9.96. The Balaban J connectivity index is 1.98. The lowest BCUT2D eigenvalue weighted by Gasteiger charge is -2.25. The van der Waals surface area contributed by atoms with Crippen LogP contribution in [0.5, 0.6) is 5.75 Å². The zero-order valence-electron chi connectivity index (χ0n) is 16.0. The molecule has 0 radical (unpaired) electrons. The summed E-state index contributed by atoms with van der Waals surface area (Å²) in [6.07, 6.45) is 0. The average Bonchev–Trinajstić information content (AvgIpc) is 2.67. The lowest BCUT2D eigenvalue weighted by molar-refractivity contribution is 0.0942. The van der Waals surface area contributed by atoms with E-state index >= 15 is 0 Å². The van der Waals surface area contributed by atoms with Crippen molar-refractivity contribution in [2.24, 2.45) is 0 Å². The van der Waals surface area contributed by atoms with E-state index in [1.54, 1.807) is 7.11 Å². The molecule has 4 nitrogen and oxygen atoms in total. The Labute approximate surface area is 160 Å². The van der Waals surface area contributed by atoms with Gasteiger partial charge in [0.05, 0.1) is 13.2 Å². The maximum atomic E-state index is 12.5. The minimum Gasteiger partial charge on any atom is -0.497 e. The molecule has 0 aliphatic carbocycles. The molecule has 0 saturated carbocycles. The molecule has 1 amide bonds. The van der Waals surface area contributed by atoms with Crippen LogP contribution in [0.1, 0.15) is 34.5 Å². The van der Waals surface area contributed by atoms with Crippen LogP contribution in [0.15, 0.2) is 48.5 Å². The third-order valence-electron chi connectivity index (χ3n) is 4.27.